The van der Waals surface area contributed by atoms with Crippen LogP contribution in [0.5, 0.6) is 0 Å². The molecule has 0 spiro atoms. The second-order valence-corrected chi connectivity index (χ2v) is 3.24. The van der Waals surface area contributed by atoms with Gasteiger partial charge in [-0.25, -0.2) is 0 Å². The molecule has 12 heavy (non-hydrogen) atoms. The summed E-state index contributed by atoms with van der Waals surface area (Å²) < 4.78 is 0.0840. The van der Waals surface area contributed by atoms with Crippen molar-refractivity contribution in [2.75, 3.05) is 20.2 Å². The Morgan fingerprint density at radius 1 is 1.58 bits per heavy atom. The zero-order valence-corrected chi connectivity index (χ0v) is 8.27. The number of carbonyl (C=O) groups excluding carboxylic acids is 1. The Morgan fingerprint density at radius 2 is 2.17 bits per heavy atom. The molecule has 0 fully saturated rings. The third-order valence-corrected chi connectivity index (χ3v) is 1.60. The first-order valence-electron chi connectivity index (χ1n) is 3.44. The standard InChI is InChI=1S/C7H11Cl2NO2/c1-10(4-5-11)7(12)3-2-6(8)9/h2,11H,3-5H2,1H3. The van der Waals surface area contributed by atoms with Crippen LogP contribution in [-0.4, -0.2) is 36.1 Å². The van der Waals surface area contributed by atoms with Crippen LogP contribution in [0.2, 0.25) is 0 Å². The van der Waals surface area contributed by atoms with Gasteiger partial charge in [-0.05, 0) is 6.08 Å². The fourth-order valence-electron chi connectivity index (χ4n) is 0.595. The van der Waals surface area contributed by atoms with Crippen molar-refractivity contribution in [3.05, 3.63) is 10.6 Å². The number of halogens is 2. The summed E-state index contributed by atoms with van der Waals surface area (Å²) in [4.78, 5) is 12.5. The fourth-order valence-corrected chi connectivity index (χ4v) is 0.749. The molecule has 0 rings (SSSR count). The summed E-state index contributed by atoms with van der Waals surface area (Å²) >= 11 is 10.6. The SMILES string of the molecule is CN(CCO)C(=O)CC=C(Cl)Cl. The van der Waals surface area contributed by atoms with Crippen LogP contribution in [0.4, 0.5) is 0 Å². The zero-order chi connectivity index (χ0) is 9.56. The molecule has 0 radical (unpaired) electrons. The summed E-state index contributed by atoms with van der Waals surface area (Å²) in [5.41, 5.74) is 0. The zero-order valence-electron chi connectivity index (χ0n) is 6.76. The van der Waals surface area contributed by atoms with Crippen LogP contribution in [0.3, 0.4) is 0 Å². The van der Waals surface area contributed by atoms with Crippen molar-refractivity contribution in [1.82, 2.24) is 4.90 Å². The van der Waals surface area contributed by atoms with Gasteiger partial charge in [0.1, 0.15) is 4.49 Å². The Kier molecular flexibility index (Phi) is 6.16. The molecular weight excluding hydrogens is 201 g/mol. The van der Waals surface area contributed by atoms with Crippen molar-refractivity contribution in [2.24, 2.45) is 0 Å². The van der Waals surface area contributed by atoms with Crippen LogP contribution < -0.4 is 0 Å². The second kappa shape index (κ2) is 6.29. The highest BCUT2D eigenvalue weighted by atomic mass is 35.5. The van der Waals surface area contributed by atoms with Crippen molar-refractivity contribution >= 4 is 29.1 Å². The lowest BCUT2D eigenvalue weighted by Gasteiger charge is -2.13. The summed E-state index contributed by atoms with van der Waals surface area (Å²) in [5, 5.41) is 8.50. The lowest BCUT2D eigenvalue weighted by atomic mass is 10.3. The van der Waals surface area contributed by atoms with E-state index in [-0.39, 0.29) is 23.4 Å². The maximum atomic E-state index is 11.1. The molecule has 0 unspecified atom stereocenters. The third kappa shape index (κ3) is 5.41. The van der Waals surface area contributed by atoms with Gasteiger partial charge in [0, 0.05) is 20.0 Å². The number of nitrogens with zero attached hydrogens (tertiary/aromatic N) is 1. The predicted octanol–water partition coefficient (Wildman–Crippen LogP) is 1.15. The minimum atomic E-state index is -0.122. The summed E-state index contributed by atoms with van der Waals surface area (Å²) in [7, 11) is 1.61. The molecule has 0 aromatic carbocycles. The Balaban J connectivity index is 3.79. The van der Waals surface area contributed by atoms with E-state index in [1.165, 1.54) is 11.0 Å². The van der Waals surface area contributed by atoms with Gasteiger partial charge in [0.2, 0.25) is 5.91 Å². The van der Waals surface area contributed by atoms with Gasteiger partial charge in [-0.15, -0.1) is 0 Å². The average molecular weight is 212 g/mol. The van der Waals surface area contributed by atoms with Crippen LogP contribution in [0.25, 0.3) is 0 Å². The van der Waals surface area contributed by atoms with E-state index in [4.69, 9.17) is 28.3 Å². The van der Waals surface area contributed by atoms with Crippen LogP contribution in [0.1, 0.15) is 6.42 Å². The van der Waals surface area contributed by atoms with E-state index in [2.05, 4.69) is 0 Å². The molecule has 0 bridgehead atoms. The molecule has 0 aromatic heterocycles. The first-order chi connectivity index (χ1) is 5.57. The highest BCUT2D eigenvalue weighted by Gasteiger charge is 2.05. The van der Waals surface area contributed by atoms with E-state index in [0.29, 0.717) is 6.54 Å². The first-order valence-corrected chi connectivity index (χ1v) is 4.19. The van der Waals surface area contributed by atoms with Gasteiger partial charge >= 0.3 is 0 Å². The molecule has 1 N–H and O–H groups in total. The van der Waals surface area contributed by atoms with Gasteiger partial charge in [0.15, 0.2) is 0 Å². The Hall–Kier alpha value is -0.250. The Labute approximate surface area is 81.6 Å². The number of hydrogen-bond donors (Lipinski definition) is 1. The third-order valence-electron chi connectivity index (χ3n) is 1.29. The minimum absolute atomic E-state index is 0.0411. The molecule has 0 heterocycles. The quantitative estimate of drug-likeness (QED) is 0.759. The van der Waals surface area contributed by atoms with E-state index in [1.54, 1.807) is 7.05 Å². The molecule has 1 amide bonds. The van der Waals surface area contributed by atoms with E-state index < -0.39 is 0 Å². The van der Waals surface area contributed by atoms with Crippen LogP contribution in [0, 0.1) is 0 Å². The molecule has 0 aliphatic heterocycles. The van der Waals surface area contributed by atoms with Gasteiger partial charge in [-0.2, -0.15) is 0 Å². The van der Waals surface area contributed by atoms with Crippen molar-refractivity contribution in [1.29, 1.82) is 0 Å². The van der Waals surface area contributed by atoms with Crippen molar-refractivity contribution in [3.63, 3.8) is 0 Å². The van der Waals surface area contributed by atoms with E-state index in [9.17, 15) is 4.79 Å². The summed E-state index contributed by atoms with van der Waals surface area (Å²) in [5.74, 6) is -0.122. The van der Waals surface area contributed by atoms with Crippen LogP contribution in [0.15, 0.2) is 10.6 Å². The second-order valence-electron chi connectivity index (χ2n) is 2.24. The Morgan fingerprint density at radius 3 is 2.58 bits per heavy atom. The summed E-state index contributed by atoms with van der Waals surface area (Å²) in [6.07, 6.45) is 1.58. The smallest absolute Gasteiger partial charge is 0.226 e. The molecule has 0 aliphatic rings. The number of likely N-dealkylation sites (N-methyl/N-ethyl adjacent to an activating group) is 1. The molecule has 0 saturated heterocycles. The fraction of sp³-hybridized carbons (Fsp3) is 0.571. The van der Waals surface area contributed by atoms with E-state index in [0.717, 1.165) is 0 Å². The monoisotopic (exact) mass is 211 g/mol. The highest BCUT2D eigenvalue weighted by Crippen LogP contribution is 2.07. The molecule has 5 heteroatoms. The van der Waals surface area contributed by atoms with Gasteiger partial charge in [-0.3, -0.25) is 4.79 Å². The largest absolute Gasteiger partial charge is 0.395 e. The van der Waals surface area contributed by atoms with E-state index in [1.807, 2.05) is 0 Å². The number of aliphatic hydroxyl groups excluding tert-OH is 1. The molecule has 0 atom stereocenters. The topological polar surface area (TPSA) is 40.5 Å². The number of carbonyl (C=O) groups is 1. The molecule has 3 nitrogen and oxygen atoms in total. The lowest BCUT2D eigenvalue weighted by Crippen LogP contribution is -2.28. The average Bonchev–Trinajstić information content (AvgIpc) is 2.00. The number of rotatable bonds is 4. The number of aliphatic hydroxyl groups is 1. The Bertz CT molecular complexity index is 178. The van der Waals surface area contributed by atoms with Crippen LogP contribution >= 0.6 is 23.2 Å². The van der Waals surface area contributed by atoms with Gasteiger partial charge in [0.05, 0.1) is 6.61 Å². The minimum Gasteiger partial charge on any atom is -0.395 e. The maximum Gasteiger partial charge on any atom is 0.226 e. The van der Waals surface area contributed by atoms with Gasteiger partial charge < -0.3 is 10.0 Å². The van der Waals surface area contributed by atoms with Gasteiger partial charge in [0.25, 0.3) is 0 Å². The maximum absolute atomic E-state index is 11.1. The van der Waals surface area contributed by atoms with Crippen molar-refractivity contribution in [3.8, 4) is 0 Å². The van der Waals surface area contributed by atoms with Gasteiger partial charge in [-0.1, -0.05) is 23.2 Å². The molecule has 0 aromatic rings. The first kappa shape index (κ1) is 11.8. The molecular formula is C7H11Cl2NO2. The predicted molar refractivity (Wildman–Crippen MR) is 49.1 cm³/mol. The van der Waals surface area contributed by atoms with Crippen LogP contribution in [-0.2, 0) is 4.79 Å². The van der Waals surface area contributed by atoms with E-state index >= 15 is 0 Å². The molecule has 70 valence electrons. The normalized spacial score (nSPS) is 9.33. The summed E-state index contributed by atoms with van der Waals surface area (Å²) in [6, 6.07) is 0. The number of amides is 1. The van der Waals surface area contributed by atoms with Crippen molar-refractivity contribution < 1.29 is 9.90 Å². The molecule has 0 saturated carbocycles. The number of hydrogen-bond acceptors (Lipinski definition) is 2. The highest BCUT2D eigenvalue weighted by molar-refractivity contribution is 6.55. The molecule has 0 aliphatic carbocycles. The summed E-state index contributed by atoms with van der Waals surface area (Å²) in [6.45, 7) is 0.285. The van der Waals surface area contributed by atoms with Crippen molar-refractivity contribution in [2.45, 2.75) is 6.42 Å². The lowest BCUT2D eigenvalue weighted by molar-refractivity contribution is -0.129.